The van der Waals surface area contributed by atoms with Gasteiger partial charge in [-0.2, -0.15) is 0 Å². The monoisotopic (exact) mass is 313 g/mol. The molecule has 0 amide bonds. The fraction of sp³-hybridized carbons (Fsp3) is 0.571. The van der Waals surface area contributed by atoms with Crippen molar-refractivity contribution in [2.24, 2.45) is 0 Å². The van der Waals surface area contributed by atoms with Crippen LogP contribution in [0.2, 0.25) is 0 Å². The Morgan fingerprint density at radius 2 is 2.00 bits per heavy atom. The normalized spacial score (nSPS) is 26.7. The molecule has 2 fully saturated rings. The Morgan fingerprint density at radius 1 is 1.19 bits per heavy atom. The van der Waals surface area contributed by atoms with Gasteiger partial charge in [-0.3, -0.25) is 4.90 Å². The topological polar surface area (TPSA) is 75.4 Å². The Labute approximate surface area is 124 Å². The molecule has 0 aliphatic carbocycles. The van der Waals surface area contributed by atoms with Crippen molar-refractivity contribution >= 4 is 15.7 Å². The van der Waals surface area contributed by atoms with E-state index in [0.29, 0.717) is 0 Å². The van der Waals surface area contributed by atoms with Crippen LogP contribution < -0.4 is 10.5 Å². The fourth-order valence-corrected chi connectivity index (χ4v) is 4.76. The molecule has 1 aromatic rings. The van der Waals surface area contributed by atoms with Gasteiger partial charge in [0.05, 0.1) is 4.90 Å². The first-order valence-corrected chi connectivity index (χ1v) is 8.76. The van der Waals surface area contributed by atoms with Crippen LogP contribution in [0.4, 0.5) is 10.1 Å². The van der Waals surface area contributed by atoms with Crippen molar-refractivity contribution in [1.82, 2.24) is 9.62 Å². The third kappa shape index (κ3) is 3.04. The van der Waals surface area contributed by atoms with E-state index in [2.05, 4.69) is 9.62 Å². The summed E-state index contributed by atoms with van der Waals surface area (Å²) in [5, 5.41) is 0. The number of nitrogens with zero attached hydrogens (tertiary/aromatic N) is 1. The Morgan fingerprint density at radius 3 is 2.76 bits per heavy atom. The maximum atomic E-state index is 13.4. The van der Waals surface area contributed by atoms with E-state index >= 15 is 0 Å². The molecule has 0 saturated carbocycles. The number of hydrogen-bond acceptors (Lipinski definition) is 4. The Hall–Kier alpha value is -1.18. The van der Waals surface area contributed by atoms with Gasteiger partial charge in [0.15, 0.2) is 0 Å². The second kappa shape index (κ2) is 5.55. The third-order valence-corrected chi connectivity index (χ3v) is 5.84. The van der Waals surface area contributed by atoms with Gasteiger partial charge in [0.1, 0.15) is 5.82 Å². The summed E-state index contributed by atoms with van der Waals surface area (Å²) in [6, 6.07) is 3.57. The van der Waals surface area contributed by atoms with Crippen LogP contribution in [0.25, 0.3) is 0 Å². The van der Waals surface area contributed by atoms with Crippen LogP contribution in [0.15, 0.2) is 23.1 Å². The molecule has 2 aliphatic rings. The van der Waals surface area contributed by atoms with Gasteiger partial charge >= 0.3 is 0 Å². The molecule has 0 bridgehead atoms. The molecule has 2 unspecified atom stereocenters. The minimum Gasteiger partial charge on any atom is -0.399 e. The summed E-state index contributed by atoms with van der Waals surface area (Å²) < 4.78 is 40.9. The zero-order chi connectivity index (χ0) is 15.0. The third-order valence-electron chi connectivity index (χ3n) is 4.37. The number of nitrogens with two attached hydrogens (primary N) is 1. The van der Waals surface area contributed by atoms with Gasteiger partial charge in [0.25, 0.3) is 0 Å². The number of hydrogen-bond donors (Lipinski definition) is 2. The van der Waals surface area contributed by atoms with E-state index in [-0.39, 0.29) is 22.7 Å². The van der Waals surface area contributed by atoms with E-state index in [1.165, 1.54) is 12.5 Å². The molecular formula is C14H20FN3O2S. The SMILES string of the molecule is Nc1cc(F)cc(S(=O)(=O)NC2CCN3CCCCC23)c1. The van der Waals surface area contributed by atoms with Gasteiger partial charge in [0.2, 0.25) is 10.0 Å². The summed E-state index contributed by atoms with van der Waals surface area (Å²) >= 11 is 0. The van der Waals surface area contributed by atoms with Crippen molar-refractivity contribution < 1.29 is 12.8 Å². The molecule has 2 saturated heterocycles. The van der Waals surface area contributed by atoms with Crippen LogP contribution in [0.1, 0.15) is 25.7 Å². The lowest BCUT2D eigenvalue weighted by Crippen LogP contribution is -2.46. The number of benzene rings is 1. The van der Waals surface area contributed by atoms with Crippen LogP contribution >= 0.6 is 0 Å². The Balaban J connectivity index is 1.80. The molecule has 5 nitrogen and oxygen atoms in total. The van der Waals surface area contributed by atoms with Crippen molar-refractivity contribution in [3.8, 4) is 0 Å². The second-order valence-electron chi connectivity index (χ2n) is 5.84. The van der Waals surface area contributed by atoms with Crippen LogP contribution in [0.3, 0.4) is 0 Å². The van der Waals surface area contributed by atoms with Gasteiger partial charge in [-0.1, -0.05) is 6.42 Å². The molecule has 0 radical (unpaired) electrons. The standard InChI is InChI=1S/C14H20FN3O2S/c15-10-7-11(16)9-12(8-10)21(19,20)17-13-4-6-18-5-2-1-3-14(13)18/h7-9,13-14,17H,1-6,16H2. The van der Waals surface area contributed by atoms with Crippen molar-refractivity contribution in [1.29, 1.82) is 0 Å². The molecule has 0 spiro atoms. The number of nitrogens with one attached hydrogen (secondary N) is 1. The quantitative estimate of drug-likeness (QED) is 0.825. The van der Waals surface area contributed by atoms with Gasteiger partial charge in [-0.15, -0.1) is 0 Å². The number of halogens is 1. The lowest BCUT2D eigenvalue weighted by Gasteiger charge is -2.32. The largest absolute Gasteiger partial charge is 0.399 e. The number of nitrogen functional groups attached to an aromatic ring is 1. The van der Waals surface area contributed by atoms with E-state index in [1.807, 2.05) is 0 Å². The zero-order valence-electron chi connectivity index (χ0n) is 11.8. The van der Waals surface area contributed by atoms with E-state index in [4.69, 9.17) is 5.73 Å². The summed E-state index contributed by atoms with van der Waals surface area (Å²) in [4.78, 5) is 2.24. The highest BCUT2D eigenvalue weighted by molar-refractivity contribution is 7.89. The number of fused-ring (bicyclic) bond motifs is 1. The molecular weight excluding hydrogens is 293 g/mol. The predicted molar refractivity (Wildman–Crippen MR) is 78.8 cm³/mol. The maximum absolute atomic E-state index is 13.4. The molecule has 1 aromatic carbocycles. The predicted octanol–water partition coefficient (Wildman–Crippen LogP) is 1.31. The van der Waals surface area contributed by atoms with Gasteiger partial charge < -0.3 is 5.73 Å². The molecule has 3 rings (SSSR count). The molecule has 7 heteroatoms. The minimum atomic E-state index is -3.74. The number of anilines is 1. The lowest BCUT2D eigenvalue weighted by molar-refractivity contribution is 0.186. The zero-order valence-corrected chi connectivity index (χ0v) is 12.6. The summed E-state index contributed by atoms with van der Waals surface area (Å²) in [5.74, 6) is -0.638. The summed E-state index contributed by atoms with van der Waals surface area (Å²) in [7, 11) is -3.74. The highest BCUT2D eigenvalue weighted by Crippen LogP contribution is 2.28. The highest BCUT2D eigenvalue weighted by Gasteiger charge is 2.37. The van der Waals surface area contributed by atoms with Crippen LogP contribution in [-0.4, -0.2) is 38.5 Å². The van der Waals surface area contributed by atoms with Gasteiger partial charge in [-0.05, 0) is 44.0 Å². The molecule has 2 aliphatic heterocycles. The smallest absolute Gasteiger partial charge is 0.241 e. The van der Waals surface area contributed by atoms with E-state index < -0.39 is 15.8 Å². The average Bonchev–Trinajstić information content (AvgIpc) is 2.81. The first-order valence-electron chi connectivity index (χ1n) is 7.28. The van der Waals surface area contributed by atoms with Crippen molar-refractivity contribution in [3.63, 3.8) is 0 Å². The molecule has 21 heavy (non-hydrogen) atoms. The van der Waals surface area contributed by atoms with Crippen LogP contribution in [0, 0.1) is 5.82 Å². The Kier molecular flexibility index (Phi) is 3.90. The summed E-state index contributed by atoms with van der Waals surface area (Å²) in [6.45, 7) is 1.96. The van der Waals surface area contributed by atoms with E-state index in [9.17, 15) is 12.8 Å². The molecule has 116 valence electrons. The number of piperidine rings is 1. The minimum absolute atomic E-state index is 0.0974. The first kappa shape index (κ1) is 14.7. The van der Waals surface area contributed by atoms with Crippen molar-refractivity contribution in [2.45, 2.75) is 42.7 Å². The first-order chi connectivity index (χ1) is 9.95. The molecule has 2 heterocycles. The van der Waals surface area contributed by atoms with Crippen LogP contribution in [-0.2, 0) is 10.0 Å². The van der Waals surface area contributed by atoms with Gasteiger partial charge in [-0.25, -0.2) is 17.5 Å². The fourth-order valence-electron chi connectivity index (χ4n) is 3.39. The Bertz CT molecular complexity index is 615. The average molecular weight is 313 g/mol. The highest BCUT2D eigenvalue weighted by atomic mass is 32.2. The number of sulfonamides is 1. The summed E-state index contributed by atoms with van der Waals surface area (Å²) in [6.07, 6.45) is 4.12. The van der Waals surface area contributed by atoms with Crippen molar-refractivity contribution in [2.75, 3.05) is 18.8 Å². The van der Waals surface area contributed by atoms with E-state index in [0.717, 1.165) is 44.5 Å². The van der Waals surface area contributed by atoms with Gasteiger partial charge in [0, 0.05) is 24.3 Å². The van der Waals surface area contributed by atoms with Crippen molar-refractivity contribution in [3.05, 3.63) is 24.0 Å². The molecule has 2 atom stereocenters. The molecule has 3 N–H and O–H groups in total. The summed E-state index contributed by atoms with van der Waals surface area (Å²) in [5.41, 5.74) is 5.64. The number of rotatable bonds is 3. The van der Waals surface area contributed by atoms with Crippen LogP contribution in [0.5, 0.6) is 0 Å². The second-order valence-corrected chi connectivity index (χ2v) is 7.55. The lowest BCUT2D eigenvalue weighted by atomic mass is 10.00. The van der Waals surface area contributed by atoms with E-state index in [1.54, 1.807) is 0 Å². The maximum Gasteiger partial charge on any atom is 0.241 e. The molecule has 0 aromatic heterocycles.